The van der Waals surface area contributed by atoms with Crippen molar-refractivity contribution in [3.8, 4) is 0 Å². The van der Waals surface area contributed by atoms with Crippen LogP contribution < -0.4 is 0 Å². The topological polar surface area (TPSA) is 55.1 Å². The molecule has 0 aliphatic heterocycles. The zero-order chi connectivity index (χ0) is 14.2. The van der Waals surface area contributed by atoms with Crippen molar-refractivity contribution in [2.45, 2.75) is 33.2 Å². The molecular weight excluding hydrogens is 264 g/mol. The number of rotatable bonds is 4. The fraction of sp³-hybridized carbons (Fsp3) is 0.429. The van der Waals surface area contributed by atoms with Crippen LogP contribution in [0.15, 0.2) is 18.2 Å². The van der Waals surface area contributed by atoms with Crippen LogP contribution in [0.4, 0.5) is 0 Å². The number of fused-ring (bicyclic) bond motifs is 1. The van der Waals surface area contributed by atoms with Gasteiger partial charge in [0.25, 0.3) is 0 Å². The summed E-state index contributed by atoms with van der Waals surface area (Å²) < 4.78 is 2.03. The molecule has 0 saturated carbocycles. The van der Waals surface area contributed by atoms with Gasteiger partial charge in [-0.25, -0.2) is 4.98 Å². The third-order valence-corrected chi connectivity index (χ3v) is 3.84. The lowest BCUT2D eigenvalue weighted by Crippen LogP contribution is -2.19. The molecule has 0 fully saturated rings. The highest BCUT2D eigenvalue weighted by molar-refractivity contribution is 6.31. The quantitative estimate of drug-likeness (QED) is 0.932. The van der Waals surface area contributed by atoms with Crippen LogP contribution in [0.1, 0.15) is 32.5 Å². The maximum atomic E-state index is 11.1. The van der Waals surface area contributed by atoms with Crippen molar-refractivity contribution in [3.05, 3.63) is 29.0 Å². The van der Waals surface area contributed by atoms with Crippen LogP contribution in [0.3, 0.4) is 0 Å². The molecule has 0 bridgehead atoms. The smallest absolute Gasteiger partial charge is 0.306 e. The van der Waals surface area contributed by atoms with Gasteiger partial charge in [0.05, 0.1) is 17.0 Å². The van der Waals surface area contributed by atoms with E-state index in [2.05, 4.69) is 4.98 Å². The Labute approximate surface area is 117 Å². The first kappa shape index (κ1) is 13.9. The van der Waals surface area contributed by atoms with E-state index in [-0.39, 0.29) is 5.92 Å². The molecule has 1 aromatic heterocycles. The number of imidazole rings is 1. The number of benzene rings is 1. The van der Waals surface area contributed by atoms with E-state index in [0.29, 0.717) is 5.02 Å². The Bertz CT molecular complexity index is 621. The molecule has 0 spiro atoms. The van der Waals surface area contributed by atoms with E-state index in [9.17, 15) is 4.79 Å². The first-order valence-electron chi connectivity index (χ1n) is 6.34. The average Bonchev–Trinajstić information content (AvgIpc) is 2.74. The molecule has 0 aliphatic carbocycles. The highest BCUT2D eigenvalue weighted by Crippen LogP contribution is 2.28. The van der Waals surface area contributed by atoms with Gasteiger partial charge in [0.2, 0.25) is 0 Å². The minimum atomic E-state index is -0.805. The van der Waals surface area contributed by atoms with Crippen molar-refractivity contribution in [1.82, 2.24) is 9.55 Å². The van der Waals surface area contributed by atoms with E-state index in [4.69, 9.17) is 16.7 Å². The molecule has 2 unspecified atom stereocenters. The minimum absolute atomic E-state index is 0.149. The number of aliphatic carboxylic acids is 1. The second-order valence-corrected chi connectivity index (χ2v) is 5.20. The number of nitrogens with zero attached hydrogens (tertiary/aromatic N) is 2. The van der Waals surface area contributed by atoms with Crippen molar-refractivity contribution in [2.24, 2.45) is 5.92 Å². The Balaban J connectivity index is 2.57. The number of hydrogen-bond donors (Lipinski definition) is 1. The fourth-order valence-electron chi connectivity index (χ4n) is 2.23. The molecule has 1 heterocycles. The summed E-state index contributed by atoms with van der Waals surface area (Å²) in [7, 11) is 0. The van der Waals surface area contributed by atoms with E-state index in [1.54, 1.807) is 13.0 Å². The highest BCUT2D eigenvalue weighted by Gasteiger charge is 2.25. The molecule has 102 valence electrons. The summed E-state index contributed by atoms with van der Waals surface area (Å²) in [5.74, 6) is -0.629. The molecule has 2 rings (SSSR count). The summed E-state index contributed by atoms with van der Waals surface area (Å²) >= 11 is 6.01. The van der Waals surface area contributed by atoms with Crippen LogP contribution in [0, 0.1) is 5.92 Å². The second kappa shape index (κ2) is 5.21. The summed E-state index contributed by atoms with van der Waals surface area (Å²) in [4.78, 5) is 15.7. The standard InChI is InChI=1S/C14H17ClN2O2/c1-4-17-12-7-10(15)5-6-11(12)16-13(17)8(2)9(3)14(18)19/h5-9H,4H2,1-3H3,(H,18,19). The predicted octanol–water partition coefficient (Wildman–Crippen LogP) is 3.53. The number of carbonyl (C=O) groups is 1. The van der Waals surface area contributed by atoms with Crippen LogP contribution in [0.2, 0.25) is 5.02 Å². The molecule has 0 radical (unpaired) electrons. The Hall–Kier alpha value is -1.55. The van der Waals surface area contributed by atoms with Gasteiger partial charge in [-0.05, 0) is 25.1 Å². The van der Waals surface area contributed by atoms with Gasteiger partial charge in [0, 0.05) is 17.5 Å². The maximum Gasteiger partial charge on any atom is 0.306 e. The first-order valence-corrected chi connectivity index (χ1v) is 6.72. The third kappa shape index (κ3) is 2.45. The summed E-state index contributed by atoms with van der Waals surface area (Å²) in [5.41, 5.74) is 1.81. The van der Waals surface area contributed by atoms with Gasteiger partial charge in [-0.15, -0.1) is 0 Å². The zero-order valence-electron chi connectivity index (χ0n) is 11.2. The molecule has 5 heteroatoms. The Morgan fingerprint density at radius 1 is 1.47 bits per heavy atom. The SMILES string of the molecule is CCn1c(C(C)C(C)C(=O)O)nc2ccc(Cl)cc21. The molecule has 0 amide bonds. The van der Waals surface area contributed by atoms with Gasteiger partial charge in [-0.1, -0.05) is 25.4 Å². The number of carboxylic acid groups (broad SMARTS) is 1. The molecule has 19 heavy (non-hydrogen) atoms. The van der Waals surface area contributed by atoms with Gasteiger partial charge in [-0.3, -0.25) is 4.79 Å². The summed E-state index contributed by atoms with van der Waals surface area (Å²) in [5, 5.41) is 9.80. The third-order valence-electron chi connectivity index (χ3n) is 3.60. The van der Waals surface area contributed by atoms with E-state index in [1.807, 2.05) is 30.5 Å². The van der Waals surface area contributed by atoms with Crippen molar-refractivity contribution < 1.29 is 9.90 Å². The van der Waals surface area contributed by atoms with Gasteiger partial charge >= 0.3 is 5.97 Å². The van der Waals surface area contributed by atoms with Crippen LogP contribution in [0.25, 0.3) is 11.0 Å². The Morgan fingerprint density at radius 3 is 2.74 bits per heavy atom. The molecule has 1 N–H and O–H groups in total. The van der Waals surface area contributed by atoms with E-state index in [0.717, 1.165) is 23.4 Å². The monoisotopic (exact) mass is 280 g/mol. The van der Waals surface area contributed by atoms with Crippen LogP contribution in [-0.4, -0.2) is 20.6 Å². The van der Waals surface area contributed by atoms with Gasteiger partial charge in [0.1, 0.15) is 5.82 Å². The van der Waals surface area contributed by atoms with E-state index < -0.39 is 11.9 Å². The lowest BCUT2D eigenvalue weighted by Gasteiger charge is -2.17. The highest BCUT2D eigenvalue weighted by atomic mass is 35.5. The number of hydrogen-bond acceptors (Lipinski definition) is 2. The van der Waals surface area contributed by atoms with Crippen molar-refractivity contribution in [2.75, 3.05) is 0 Å². The number of carboxylic acids is 1. The molecule has 1 aromatic carbocycles. The van der Waals surface area contributed by atoms with Gasteiger partial charge in [0.15, 0.2) is 0 Å². The van der Waals surface area contributed by atoms with Crippen LogP contribution >= 0.6 is 11.6 Å². The second-order valence-electron chi connectivity index (χ2n) is 4.76. The van der Waals surface area contributed by atoms with Gasteiger partial charge in [-0.2, -0.15) is 0 Å². The number of halogens is 1. The van der Waals surface area contributed by atoms with Crippen molar-refractivity contribution >= 4 is 28.6 Å². The van der Waals surface area contributed by atoms with Crippen molar-refractivity contribution in [1.29, 1.82) is 0 Å². The number of aryl methyl sites for hydroxylation is 1. The molecule has 2 atom stereocenters. The lowest BCUT2D eigenvalue weighted by molar-refractivity contribution is -0.141. The van der Waals surface area contributed by atoms with E-state index >= 15 is 0 Å². The number of aromatic nitrogens is 2. The summed E-state index contributed by atoms with van der Waals surface area (Å²) in [6.45, 7) is 6.36. The van der Waals surface area contributed by atoms with Crippen molar-refractivity contribution in [3.63, 3.8) is 0 Å². The Morgan fingerprint density at radius 2 is 2.16 bits per heavy atom. The summed E-state index contributed by atoms with van der Waals surface area (Å²) in [6, 6.07) is 5.53. The normalized spacial score (nSPS) is 14.5. The van der Waals surface area contributed by atoms with Crippen LogP contribution in [0.5, 0.6) is 0 Å². The zero-order valence-corrected chi connectivity index (χ0v) is 12.0. The van der Waals surface area contributed by atoms with Gasteiger partial charge < -0.3 is 9.67 Å². The molecule has 2 aromatic rings. The molecule has 0 saturated heterocycles. The Kier molecular flexibility index (Phi) is 3.80. The first-order chi connectivity index (χ1) is 8.95. The van der Waals surface area contributed by atoms with Crippen LogP contribution in [-0.2, 0) is 11.3 Å². The molecular formula is C14H17ClN2O2. The largest absolute Gasteiger partial charge is 0.481 e. The van der Waals surface area contributed by atoms with E-state index in [1.165, 1.54) is 0 Å². The molecule has 4 nitrogen and oxygen atoms in total. The lowest BCUT2D eigenvalue weighted by atomic mass is 9.95. The fourth-order valence-corrected chi connectivity index (χ4v) is 2.40. The predicted molar refractivity (Wildman–Crippen MR) is 75.6 cm³/mol. The summed E-state index contributed by atoms with van der Waals surface area (Å²) in [6.07, 6.45) is 0. The molecule has 0 aliphatic rings. The minimum Gasteiger partial charge on any atom is -0.481 e. The average molecular weight is 281 g/mol. The maximum absolute atomic E-state index is 11.1.